The summed E-state index contributed by atoms with van der Waals surface area (Å²) in [6, 6.07) is 0. The zero-order chi connectivity index (χ0) is 11.6. The Morgan fingerprint density at radius 2 is 1.50 bits per heavy atom. The summed E-state index contributed by atoms with van der Waals surface area (Å²) in [5.41, 5.74) is 1.59. The standard InChI is InChI=1S/C13H24O/c1-10(14)8-11(13(5,6)7)9-12(2,3)4/h8H,9H2,1-7H3. The average molecular weight is 196 g/mol. The Labute approximate surface area is 88.6 Å². The van der Waals surface area contributed by atoms with Crippen LogP contribution in [0.5, 0.6) is 0 Å². The van der Waals surface area contributed by atoms with Gasteiger partial charge >= 0.3 is 0 Å². The van der Waals surface area contributed by atoms with Gasteiger partial charge in [0.05, 0.1) is 0 Å². The molecule has 0 aliphatic heterocycles. The maximum absolute atomic E-state index is 11.1. The van der Waals surface area contributed by atoms with Gasteiger partial charge in [-0.05, 0) is 30.3 Å². The van der Waals surface area contributed by atoms with Gasteiger partial charge in [-0.1, -0.05) is 47.1 Å². The molecule has 0 aromatic rings. The zero-order valence-electron chi connectivity index (χ0n) is 10.7. The minimum Gasteiger partial charge on any atom is -0.295 e. The highest BCUT2D eigenvalue weighted by Gasteiger charge is 2.22. The van der Waals surface area contributed by atoms with E-state index in [1.165, 1.54) is 5.57 Å². The maximum atomic E-state index is 11.1. The Morgan fingerprint density at radius 3 is 1.71 bits per heavy atom. The van der Waals surface area contributed by atoms with Crippen LogP contribution in [0.1, 0.15) is 54.9 Å². The Kier molecular flexibility index (Phi) is 4.11. The number of carbonyl (C=O) groups excluding carboxylic acids is 1. The van der Waals surface area contributed by atoms with Crippen LogP contribution in [0, 0.1) is 10.8 Å². The SMILES string of the molecule is CC(=O)C=C(CC(C)(C)C)C(C)(C)C. The number of ketones is 1. The predicted octanol–water partition coefficient (Wildman–Crippen LogP) is 3.98. The topological polar surface area (TPSA) is 17.1 Å². The molecule has 0 fully saturated rings. The van der Waals surface area contributed by atoms with Crippen molar-refractivity contribution in [2.75, 3.05) is 0 Å². The van der Waals surface area contributed by atoms with Crippen molar-refractivity contribution in [3.05, 3.63) is 11.6 Å². The fourth-order valence-electron chi connectivity index (χ4n) is 1.35. The van der Waals surface area contributed by atoms with Crippen LogP contribution in [0.15, 0.2) is 11.6 Å². The third kappa shape index (κ3) is 5.95. The highest BCUT2D eigenvalue weighted by Crippen LogP contribution is 2.35. The highest BCUT2D eigenvalue weighted by molar-refractivity contribution is 5.88. The summed E-state index contributed by atoms with van der Waals surface area (Å²) in [4.78, 5) is 11.1. The lowest BCUT2D eigenvalue weighted by molar-refractivity contribution is -0.112. The first-order chi connectivity index (χ1) is 6.02. The van der Waals surface area contributed by atoms with Crippen LogP contribution in [0.4, 0.5) is 0 Å². The number of hydrogen-bond acceptors (Lipinski definition) is 1. The number of hydrogen-bond donors (Lipinski definition) is 0. The smallest absolute Gasteiger partial charge is 0.152 e. The molecule has 0 spiro atoms. The van der Waals surface area contributed by atoms with E-state index < -0.39 is 0 Å². The highest BCUT2D eigenvalue weighted by atomic mass is 16.1. The van der Waals surface area contributed by atoms with Gasteiger partial charge in [0, 0.05) is 0 Å². The van der Waals surface area contributed by atoms with Gasteiger partial charge in [0.1, 0.15) is 0 Å². The van der Waals surface area contributed by atoms with Gasteiger partial charge in [-0.15, -0.1) is 0 Å². The van der Waals surface area contributed by atoms with E-state index in [1.807, 2.05) is 0 Å². The lowest BCUT2D eigenvalue weighted by Gasteiger charge is -2.29. The molecule has 0 atom stereocenters. The minimum absolute atomic E-state index is 0.0962. The van der Waals surface area contributed by atoms with Crippen LogP contribution in [0.3, 0.4) is 0 Å². The predicted molar refractivity (Wildman–Crippen MR) is 62.3 cm³/mol. The van der Waals surface area contributed by atoms with Crippen molar-refractivity contribution in [1.82, 2.24) is 0 Å². The van der Waals surface area contributed by atoms with Crippen molar-refractivity contribution < 1.29 is 4.79 Å². The second kappa shape index (κ2) is 4.29. The van der Waals surface area contributed by atoms with Gasteiger partial charge in [-0.2, -0.15) is 0 Å². The molecule has 82 valence electrons. The number of carbonyl (C=O) groups is 1. The first kappa shape index (κ1) is 13.4. The lowest BCUT2D eigenvalue weighted by atomic mass is 9.76. The Hall–Kier alpha value is -0.590. The molecule has 0 radical (unpaired) electrons. The van der Waals surface area contributed by atoms with Gasteiger partial charge in [0.2, 0.25) is 0 Å². The summed E-state index contributed by atoms with van der Waals surface area (Å²) < 4.78 is 0. The van der Waals surface area contributed by atoms with Gasteiger partial charge in [0.15, 0.2) is 5.78 Å². The van der Waals surface area contributed by atoms with E-state index in [0.29, 0.717) is 0 Å². The fraction of sp³-hybridized carbons (Fsp3) is 0.769. The normalized spacial score (nSPS) is 14.4. The number of allylic oxidation sites excluding steroid dienone is 2. The molecule has 0 aromatic heterocycles. The van der Waals surface area contributed by atoms with E-state index in [0.717, 1.165) is 6.42 Å². The van der Waals surface area contributed by atoms with Crippen LogP contribution < -0.4 is 0 Å². The van der Waals surface area contributed by atoms with E-state index in [4.69, 9.17) is 0 Å². The van der Waals surface area contributed by atoms with Crippen LogP contribution in [-0.4, -0.2) is 5.78 Å². The molecule has 0 N–H and O–H groups in total. The third-order valence-electron chi connectivity index (χ3n) is 2.06. The first-order valence-electron chi connectivity index (χ1n) is 5.24. The molecule has 0 aromatic carbocycles. The van der Waals surface area contributed by atoms with Crippen LogP contribution in [-0.2, 0) is 4.79 Å². The first-order valence-corrected chi connectivity index (χ1v) is 5.24. The summed E-state index contributed by atoms with van der Waals surface area (Å²) in [5.74, 6) is 0.152. The van der Waals surface area contributed by atoms with E-state index >= 15 is 0 Å². The largest absolute Gasteiger partial charge is 0.295 e. The molecule has 0 saturated heterocycles. The molecule has 0 unspecified atom stereocenters. The molecule has 0 saturated carbocycles. The van der Waals surface area contributed by atoms with Gasteiger partial charge in [-0.25, -0.2) is 0 Å². The van der Waals surface area contributed by atoms with Gasteiger partial charge < -0.3 is 0 Å². The quantitative estimate of drug-likeness (QED) is 0.610. The fourth-order valence-corrected chi connectivity index (χ4v) is 1.35. The second-order valence-corrected chi connectivity index (χ2v) is 6.27. The average Bonchev–Trinajstić information content (AvgIpc) is 1.78. The van der Waals surface area contributed by atoms with E-state index in [2.05, 4.69) is 41.5 Å². The molecular formula is C13H24O. The second-order valence-electron chi connectivity index (χ2n) is 6.27. The molecule has 0 rings (SSSR count). The molecule has 0 amide bonds. The third-order valence-corrected chi connectivity index (χ3v) is 2.06. The summed E-state index contributed by atoms with van der Waals surface area (Å²) in [7, 11) is 0. The van der Waals surface area contributed by atoms with Gasteiger partial charge in [-0.3, -0.25) is 4.79 Å². The molecule has 1 heteroatoms. The zero-order valence-corrected chi connectivity index (χ0v) is 10.7. The molecule has 0 aliphatic rings. The molecule has 1 nitrogen and oxygen atoms in total. The molecule has 0 aliphatic carbocycles. The minimum atomic E-state index is 0.0962. The summed E-state index contributed by atoms with van der Waals surface area (Å²) in [6.07, 6.45) is 2.78. The Bertz CT molecular complexity index is 233. The lowest BCUT2D eigenvalue weighted by Crippen LogP contribution is -2.17. The summed E-state index contributed by atoms with van der Waals surface area (Å²) >= 11 is 0. The maximum Gasteiger partial charge on any atom is 0.152 e. The van der Waals surface area contributed by atoms with E-state index in [-0.39, 0.29) is 16.6 Å². The molecule has 0 heterocycles. The Morgan fingerprint density at radius 1 is 1.07 bits per heavy atom. The number of rotatable bonds is 2. The monoisotopic (exact) mass is 196 g/mol. The molecule has 14 heavy (non-hydrogen) atoms. The Balaban J connectivity index is 4.86. The molecular weight excluding hydrogens is 172 g/mol. The van der Waals surface area contributed by atoms with Crippen LogP contribution in [0.2, 0.25) is 0 Å². The van der Waals surface area contributed by atoms with E-state index in [1.54, 1.807) is 13.0 Å². The molecule has 0 bridgehead atoms. The van der Waals surface area contributed by atoms with Gasteiger partial charge in [0.25, 0.3) is 0 Å². The van der Waals surface area contributed by atoms with Crippen molar-refractivity contribution in [3.8, 4) is 0 Å². The van der Waals surface area contributed by atoms with Crippen molar-refractivity contribution in [1.29, 1.82) is 0 Å². The van der Waals surface area contributed by atoms with Crippen molar-refractivity contribution in [3.63, 3.8) is 0 Å². The van der Waals surface area contributed by atoms with Crippen molar-refractivity contribution in [2.45, 2.75) is 54.9 Å². The van der Waals surface area contributed by atoms with Crippen molar-refractivity contribution >= 4 is 5.78 Å². The van der Waals surface area contributed by atoms with E-state index in [9.17, 15) is 4.79 Å². The summed E-state index contributed by atoms with van der Waals surface area (Å²) in [5, 5.41) is 0. The van der Waals surface area contributed by atoms with Crippen LogP contribution in [0.25, 0.3) is 0 Å². The van der Waals surface area contributed by atoms with Crippen LogP contribution >= 0.6 is 0 Å². The summed E-state index contributed by atoms with van der Waals surface area (Å²) in [6.45, 7) is 14.7. The van der Waals surface area contributed by atoms with Crippen molar-refractivity contribution in [2.24, 2.45) is 10.8 Å².